The zero-order chi connectivity index (χ0) is 12.6. The van der Waals surface area contributed by atoms with E-state index < -0.39 is 10.8 Å². The molecular weight excluding hydrogens is 248 g/mol. The maximum absolute atomic E-state index is 12.9. The molecule has 0 N–H and O–H groups in total. The highest BCUT2D eigenvalue weighted by Gasteiger charge is 2.51. The summed E-state index contributed by atoms with van der Waals surface area (Å²) < 4.78 is 12.9. The van der Waals surface area contributed by atoms with Crippen molar-refractivity contribution in [3.8, 4) is 0 Å². The van der Waals surface area contributed by atoms with Crippen LogP contribution >= 0.6 is 11.8 Å². The summed E-state index contributed by atoms with van der Waals surface area (Å²) in [6.07, 6.45) is 4.93. The van der Waals surface area contributed by atoms with Crippen LogP contribution in [0.4, 0.5) is 0 Å². The van der Waals surface area contributed by atoms with Crippen molar-refractivity contribution in [1.82, 2.24) is 0 Å². The second kappa shape index (κ2) is 5.24. The van der Waals surface area contributed by atoms with Crippen molar-refractivity contribution in [3.05, 3.63) is 0 Å². The Balaban J connectivity index is 2.31. The summed E-state index contributed by atoms with van der Waals surface area (Å²) in [4.78, 5) is 0. The van der Waals surface area contributed by atoms with E-state index in [2.05, 4.69) is 27.7 Å². The normalized spacial score (nSPS) is 47.6. The zero-order valence-electron chi connectivity index (χ0n) is 11.6. The van der Waals surface area contributed by atoms with E-state index >= 15 is 0 Å². The molecule has 1 aliphatic carbocycles. The van der Waals surface area contributed by atoms with Crippen LogP contribution in [0.15, 0.2) is 0 Å². The zero-order valence-corrected chi connectivity index (χ0v) is 13.2. The lowest BCUT2D eigenvalue weighted by molar-refractivity contribution is 0.221. The molecule has 0 bridgehead atoms. The highest BCUT2D eigenvalue weighted by Crippen LogP contribution is 2.54. The van der Waals surface area contributed by atoms with Gasteiger partial charge in [0.25, 0.3) is 0 Å². The van der Waals surface area contributed by atoms with Gasteiger partial charge >= 0.3 is 0 Å². The third-order valence-electron chi connectivity index (χ3n) is 4.55. The van der Waals surface area contributed by atoms with Crippen molar-refractivity contribution in [2.24, 2.45) is 17.8 Å². The molecule has 1 spiro atoms. The molecule has 0 amide bonds. The molecule has 17 heavy (non-hydrogen) atoms. The van der Waals surface area contributed by atoms with Crippen LogP contribution in [0.2, 0.25) is 0 Å². The van der Waals surface area contributed by atoms with Crippen LogP contribution < -0.4 is 0 Å². The van der Waals surface area contributed by atoms with Crippen molar-refractivity contribution < 1.29 is 4.21 Å². The molecule has 2 rings (SSSR count). The minimum Gasteiger partial charge on any atom is -0.258 e. The maximum atomic E-state index is 12.9. The first-order chi connectivity index (χ1) is 7.97. The summed E-state index contributed by atoms with van der Waals surface area (Å²) >= 11 is 2.04. The Morgan fingerprint density at radius 2 is 1.94 bits per heavy atom. The fraction of sp³-hybridized carbons (Fsp3) is 1.00. The van der Waals surface area contributed by atoms with Gasteiger partial charge < -0.3 is 0 Å². The van der Waals surface area contributed by atoms with Crippen LogP contribution in [0.25, 0.3) is 0 Å². The van der Waals surface area contributed by atoms with E-state index in [4.69, 9.17) is 0 Å². The summed E-state index contributed by atoms with van der Waals surface area (Å²) in [5.74, 6) is 3.30. The van der Waals surface area contributed by atoms with Crippen molar-refractivity contribution >= 4 is 22.6 Å². The first-order valence-electron chi connectivity index (χ1n) is 7.02. The number of hydrogen-bond donors (Lipinski definition) is 0. The molecule has 1 nitrogen and oxygen atoms in total. The van der Waals surface area contributed by atoms with Crippen LogP contribution in [0.5, 0.6) is 0 Å². The molecular formula is C14H26OS2. The SMILES string of the molecule is CC1CCC(C(C)C)C2(C1)SCCC(C)S2=O. The Morgan fingerprint density at radius 1 is 1.24 bits per heavy atom. The average molecular weight is 274 g/mol. The lowest BCUT2D eigenvalue weighted by atomic mass is 9.76. The van der Waals surface area contributed by atoms with E-state index in [1.165, 1.54) is 25.0 Å². The smallest absolute Gasteiger partial charge is 0.0944 e. The molecule has 2 fully saturated rings. The van der Waals surface area contributed by atoms with E-state index in [0.29, 0.717) is 17.1 Å². The van der Waals surface area contributed by atoms with Gasteiger partial charge in [0.15, 0.2) is 0 Å². The second-order valence-electron chi connectivity index (χ2n) is 6.29. The minimum absolute atomic E-state index is 0.0868. The van der Waals surface area contributed by atoms with Crippen LogP contribution in [-0.4, -0.2) is 19.3 Å². The van der Waals surface area contributed by atoms with Gasteiger partial charge in [-0.15, -0.1) is 11.8 Å². The van der Waals surface area contributed by atoms with Crippen molar-refractivity contribution in [2.75, 3.05) is 5.75 Å². The molecule has 0 aromatic heterocycles. The van der Waals surface area contributed by atoms with E-state index in [0.717, 1.165) is 12.3 Å². The lowest BCUT2D eigenvalue weighted by Crippen LogP contribution is -2.51. The Kier molecular flexibility index (Phi) is 4.29. The standard InChI is InChI=1S/C14H26OS2/c1-10(2)13-6-5-11(3)9-14(13)16-8-7-12(4)17(14)15/h10-13H,5-9H2,1-4H3. The van der Waals surface area contributed by atoms with Crippen LogP contribution in [0, 0.1) is 17.8 Å². The van der Waals surface area contributed by atoms with Gasteiger partial charge in [-0.05, 0) is 42.8 Å². The average Bonchev–Trinajstić information content (AvgIpc) is 2.25. The third-order valence-corrected chi connectivity index (χ3v) is 8.91. The van der Waals surface area contributed by atoms with Gasteiger partial charge in [-0.2, -0.15) is 0 Å². The maximum Gasteiger partial charge on any atom is 0.0944 e. The molecule has 5 unspecified atom stereocenters. The Morgan fingerprint density at radius 3 is 2.59 bits per heavy atom. The lowest BCUT2D eigenvalue weighted by Gasteiger charge is -2.50. The summed E-state index contributed by atoms with van der Waals surface area (Å²) in [5, 5.41) is 0.405. The first kappa shape index (κ1) is 13.9. The monoisotopic (exact) mass is 274 g/mol. The summed E-state index contributed by atoms with van der Waals surface area (Å²) in [7, 11) is -0.638. The number of thioether (sulfide) groups is 1. The fourth-order valence-electron chi connectivity index (χ4n) is 3.56. The molecule has 0 aromatic carbocycles. The van der Waals surface area contributed by atoms with Crippen molar-refractivity contribution in [2.45, 2.75) is 62.7 Å². The van der Waals surface area contributed by atoms with E-state index in [1.807, 2.05) is 11.8 Å². The van der Waals surface area contributed by atoms with Gasteiger partial charge in [-0.25, -0.2) is 0 Å². The van der Waals surface area contributed by atoms with E-state index in [1.54, 1.807) is 0 Å². The summed E-state index contributed by atoms with van der Waals surface area (Å²) in [6.45, 7) is 9.17. The topological polar surface area (TPSA) is 17.1 Å². The van der Waals surface area contributed by atoms with Gasteiger partial charge in [-0.1, -0.05) is 34.1 Å². The van der Waals surface area contributed by atoms with Crippen LogP contribution in [0.3, 0.4) is 0 Å². The highest BCUT2D eigenvalue weighted by molar-refractivity contribution is 8.13. The first-order valence-corrected chi connectivity index (χ1v) is 9.22. The molecule has 100 valence electrons. The van der Waals surface area contributed by atoms with Gasteiger partial charge in [0, 0.05) is 16.0 Å². The number of rotatable bonds is 1. The van der Waals surface area contributed by atoms with Gasteiger partial charge in [0.05, 0.1) is 4.08 Å². The Bertz CT molecular complexity index is 303. The molecule has 0 radical (unpaired) electrons. The predicted octanol–water partition coefficient (Wildman–Crippen LogP) is 4.05. The highest BCUT2D eigenvalue weighted by atomic mass is 32.2. The van der Waals surface area contributed by atoms with Crippen molar-refractivity contribution in [1.29, 1.82) is 0 Å². The fourth-order valence-corrected chi connectivity index (χ4v) is 8.90. The van der Waals surface area contributed by atoms with Crippen LogP contribution in [0.1, 0.15) is 53.4 Å². The second-order valence-corrected chi connectivity index (χ2v) is 10.1. The van der Waals surface area contributed by atoms with Crippen LogP contribution in [-0.2, 0) is 10.8 Å². The van der Waals surface area contributed by atoms with E-state index in [-0.39, 0.29) is 4.08 Å². The molecule has 1 aliphatic heterocycles. The molecule has 0 aromatic rings. The number of hydrogen-bond acceptors (Lipinski definition) is 2. The van der Waals surface area contributed by atoms with Gasteiger partial charge in [0.2, 0.25) is 0 Å². The minimum atomic E-state index is -0.638. The molecule has 5 atom stereocenters. The van der Waals surface area contributed by atoms with E-state index in [9.17, 15) is 4.21 Å². The van der Waals surface area contributed by atoms with Gasteiger partial charge in [-0.3, -0.25) is 4.21 Å². The molecule has 1 heterocycles. The molecule has 2 aliphatic rings. The Labute approximate surface area is 113 Å². The molecule has 1 saturated carbocycles. The Hall–Kier alpha value is 0.500. The molecule has 1 saturated heterocycles. The third kappa shape index (κ3) is 2.47. The quantitative estimate of drug-likeness (QED) is 0.717. The van der Waals surface area contributed by atoms with Crippen molar-refractivity contribution in [3.63, 3.8) is 0 Å². The summed E-state index contributed by atoms with van der Waals surface area (Å²) in [5.41, 5.74) is 0. The molecule has 3 heteroatoms. The van der Waals surface area contributed by atoms with Gasteiger partial charge in [0.1, 0.15) is 0 Å². The largest absolute Gasteiger partial charge is 0.258 e. The predicted molar refractivity (Wildman–Crippen MR) is 78.8 cm³/mol. The summed E-state index contributed by atoms with van der Waals surface area (Å²) in [6, 6.07) is 0.